The molecule has 1 N–H and O–H groups in total. The minimum atomic E-state index is -3.98. The molecule has 3 rings (SSSR count). The molecule has 0 saturated heterocycles. The van der Waals surface area contributed by atoms with E-state index in [1.165, 1.54) is 14.0 Å². The van der Waals surface area contributed by atoms with Crippen LogP contribution in [-0.2, 0) is 14.8 Å². The molecule has 2 atom stereocenters. The van der Waals surface area contributed by atoms with Gasteiger partial charge in [0.1, 0.15) is 23.1 Å². The van der Waals surface area contributed by atoms with Gasteiger partial charge in [-0.2, -0.15) is 0 Å². The molecule has 1 aliphatic rings. The fraction of sp³-hybridized carbons (Fsp3) is 0.409. The third kappa shape index (κ3) is 4.95. The Morgan fingerprint density at radius 2 is 1.91 bits per heavy atom. The Morgan fingerprint density at radius 3 is 2.50 bits per heavy atom. The van der Waals surface area contributed by atoms with E-state index in [1.54, 1.807) is 18.2 Å². The molecular formula is C22H26F2N2O5S. The zero-order valence-electron chi connectivity index (χ0n) is 18.5. The van der Waals surface area contributed by atoms with Crippen LogP contribution in [0.4, 0.5) is 14.5 Å². The Labute approximate surface area is 186 Å². The second-order valence-electron chi connectivity index (χ2n) is 8.36. The minimum Gasteiger partial charge on any atom is -0.497 e. The quantitative estimate of drug-likeness (QED) is 0.701. The molecule has 7 nitrogen and oxygen atoms in total. The second-order valence-corrected chi connectivity index (χ2v) is 10.2. The van der Waals surface area contributed by atoms with Crippen molar-refractivity contribution in [3.63, 3.8) is 0 Å². The van der Waals surface area contributed by atoms with Crippen LogP contribution in [0, 0.1) is 11.6 Å². The average molecular weight is 469 g/mol. The van der Waals surface area contributed by atoms with Crippen LogP contribution < -0.4 is 19.1 Å². The summed E-state index contributed by atoms with van der Waals surface area (Å²) in [6, 6.07) is 6.25. The maximum Gasteiger partial charge on any atom is 0.244 e. The van der Waals surface area contributed by atoms with Gasteiger partial charge in [0.25, 0.3) is 0 Å². The smallest absolute Gasteiger partial charge is 0.244 e. The van der Waals surface area contributed by atoms with Crippen LogP contribution in [0.5, 0.6) is 11.5 Å². The number of rotatable bonds is 6. The number of nitrogens with one attached hydrogen (secondary N) is 1. The number of anilines is 1. The molecular weight excluding hydrogens is 442 g/mol. The normalized spacial score (nSPS) is 18.2. The highest BCUT2D eigenvalue weighted by atomic mass is 32.2. The van der Waals surface area contributed by atoms with Crippen molar-refractivity contribution in [1.29, 1.82) is 0 Å². The second kappa shape index (κ2) is 8.57. The molecule has 2 aromatic carbocycles. The van der Waals surface area contributed by atoms with E-state index in [1.807, 2.05) is 13.8 Å². The molecule has 2 aromatic rings. The molecule has 10 heteroatoms. The van der Waals surface area contributed by atoms with Crippen molar-refractivity contribution >= 4 is 21.6 Å². The summed E-state index contributed by atoms with van der Waals surface area (Å²) in [5.74, 6) is -1.76. The number of ether oxygens (including phenoxy) is 2. The van der Waals surface area contributed by atoms with E-state index in [0.717, 1.165) is 34.3 Å². The van der Waals surface area contributed by atoms with Crippen molar-refractivity contribution in [3.05, 3.63) is 53.6 Å². The van der Waals surface area contributed by atoms with Crippen LogP contribution in [0.25, 0.3) is 0 Å². The first-order valence-corrected chi connectivity index (χ1v) is 11.8. The van der Waals surface area contributed by atoms with Gasteiger partial charge < -0.3 is 14.8 Å². The molecule has 1 heterocycles. The highest BCUT2D eigenvalue weighted by Gasteiger charge is 2.37. The van der Waals surface area contributed by atoms with Crippen LogP contribution >= 0.6 is 0 Å². The number of fused-ring (bicyclic) bond motifs is 1. The lowest BCUT2D eigenvalue weighted by molar-refractivity contribution is -0.123. The number of carbonyl (C=O) groups excluding carboxylic acids is 1. The van der Waals surface area contributed by atoms with Gasteiger partial charge in [0.15, 0.2) is 11.6 Å². The van der Waals surface area contributed by atoms with Gasteiger partial charge in [-0.15, -0.1) is 0 Å². The molecule has 32 heavy (non-hydrogen) atoms. The third-order valence-electron chi connectivity index (χ3n) is 5.24. The largest absolute Gasteiger partial charge is 0.497 e. The molecule has 0 aliphatic carbocycles. The summed E-state index contributed by atoms with van der Waals surface area (Å²) in [6.07, 6.45) is 1.34. The van der Waals surface area contributed by atoms with Crippen LogP contribution in [0.3, 0.4) is 0 Å². The molecule has 0 radical (unpaired) electrons. The summed E-state index contributed by atoms with van der Waals surface area (Å²) in [4.78, 5) is 13.1. The molecule has 0 spiro atoms. The lowest BCUT2D eigenvalue weighted by Gasteiger charge is -2.39. The van der Waals surface area contributed by atoms with Gasteiger partial charge in [-0.3, -0.25) is 9.10 Å². The lowest BCUT2D eigenvalue weighted by atomic mass is 9.89. The van der Waals surface area contributed by atoms with Crippen molar-refractivity contribution < 1.29 is 31.5 Å². The Kier molecular flexibility index (Phi) is 6.37. The van der Waals surface area contributed by atoms with Crippen molar-refractivity contribution in [3.8, 4) is 11.5 Å². The summed E-state index contributed by atoms with van der Waals surface area (Å²) >= 11 is 0. The molecule has 1 aliphatic heterocycles. The summed E-state index contributed by atoms with van der Waals surface area (Å²) in [5, 5.41) is 2.88. The zero-order chi connectivity index (χ0) is 23.8. The Bertz CT molecular complexity index is 1140. The van der Waals surface area contributed by atoms with E-state index in [0.29, 0.717) is 17.9 Å². The van der Waals surface area contributed by atoms with Crippen LogP contribution in [0.2, 0.25) is 0 Å². The van der Waals surface area contributed by atoms with Crippen molar-refractivity contribution in [2.75, 3.05) is 17.7 Å². The van der Waals surface area contributed by atoms with Crippen molar-refractivity contribution in [2.24, 2.45) is 0 Å². The van der Waals surface area contributed by atoms with Gasteiger partial charge in [-0.1, -0.05) is 0 Å². The van der Waals surface area contributed by atoms with Crippen LogP contribution in [0.1, 0.15) is 38.8 Å². The van der Waals surface area contributed by atoms with Gasteiger partial charge in [-0.25, -0.2) is 17.2 Å². The average Bonchev–Trinajstić information content (AvgIpc) is 2.68. The van der Waals surface area contributed by atoms with E-state index >= 15 is 0 Å². The van der Waals surface area contributed by atoms with Gasteiger partial charge >= 0.3 is 0 Å². The molecule has 0 bridgehead atoms. The summed E-state index contributed by atoms with van der Waals surface area (Å²) in [7, 11) is -2.45. The first kappa shape index (κ1) is 23.8. The molecule has 1 amide bonds. The summed E-state index contributed by atoms with van der Waals surface area (Å²) in [5.41, 5.74) is -0.0205. The highest BCUT2D eigenvalue weighted by molar-refractivity contribution is 7.92. The summed E-state index contributed by atoms with van der Waals surface area (Å²) < 4.78 is 64.0. The molecule has 0 saturated carbocycles. The number of benzene rings is 2. The Morgan fingerprint density at radius 1 is 1.22 bits per heavy atom. The van der Waals surface area contributed by atoms with E-state index < -0.39 is 45.2 Å². The predicted octanol–water partition coefficient (Wildman–Crippen LogP) is 3.55. The van der Waals surface area contributed by atoms with E-state index in [-0.39, 0.29) is 5.69 Å². The fourth-order valence-corrected chi connectivity index (χ4v) is 4.98. The van der Waals surface area contributed by atoms with Gasteiger partial charge in [-0.05, 0) is 45.0 Å². The van der Waals surface area contributed by atoms with Crippen LogP contribution in [0.15, 0.2) is 36.4 Å². The van der Waals surface area contributed by atoms with Crippen molar-refractivity contribution in [2.45, 2.75) is 44.9 Å². The van der Waals surface area contributed by atoms with Gasteiger partial charge in [0.05, 0.1) is 25.1 Å². The maximum atomic E-state index is 13.8. The predicted molar refractivity (Wildman–Crippen MR) is 116 cm³/mol. The third-order valence-corrected chi connectivity index (χ3v) is 6.48. The molecule has 174 valence electrons. The first-order chi connectivity index (χ1) is 14.8. The molecule has 0 unspecified atom stereocenters. The lowest BCUT2D eigenvalue weighted by Crippen LogP contribution is -2.50. The van der Waals surface area contributed by atoms with E-state index in [4.69, 9.17) is 9.47 Å². The molecule has 0 fully saturated rings. The Hall–Kier alpha value is -2.88. The summed E-state index contributed by atoms with van der Waals surface area (Å²) in [6.45, 7) is 5.14. The number of hydrogen-bond acceptors (Lipinski definition) is 5. The number of amides is 1. The topological polar surface area (TPSA) is 84.9 Å². The number of sulfonamides is 1. The highest BCUT2D eigenvalue weighted by Crippen LogP contribution is 2.41. The monoisotopic (exact) mass is 468 g/mol. The molecule has 0 aromatic heterocycles. The minimum absolute atomic E-state index is 0.147. The Balaban J connectivity index is 1.92. The standard InChI is InChI=1S/C22H26F2N2O5S/c1-13(26(32(5,28)29)14-6-9-17(23)18(24)10-14)21(27)25-19-12-22(2,3)31-20-11-15(30-4)7-8-16(19)20/h6-11,13,19H,12H2,1-5H3,(H,25,27)/t13-,19+/m0/s1. The van der Waals surface area contributed by atoms with Gasteiger partial charge in [0, 0.05) is 24.1 Å². The van der Waals surface area contributed by atoms with E-state index in [9.17, 15) is 22.0 Å². The number of carbonyl (C=O) groups is 1. The first-order valence-electron chi connectivity index (χ1n) is 9.94. The van der Waals surface area contributed by atoms with Gasteiger partial charge in [0.2, 0.25) is 15.9 Å². The zero-order valence-corrected chi connectivity index (χ0v) is 19.3. The SMILES string of the molecule is COc1ccc2c(c1)OC(C)(C)C[C@H]2NC(=O)[C@H](C)N(c1ccc(F)c(F)c1)S(C)(=O)=O. The number of methoxy groups -OCH3 is 1. The number of halogens is 2. The van der Waals surface area contributed by atoms with E-state index in [2.05, 4.69) is 5.32 Å². The maximum absolute atomic E-state index is 13.8. The van der Waals surface area contributed by atoms with Crippen molar-refractivity contribution in [1.82, 2.24) is 5.32 Å². The number of nitrogens with zero attached hydrogens (tertiary/aromatic N) is 1. The number of hydrogen-bond donors (Lipinski definition) is 1. The van der Waals surface area contributed by atoms with Crippen LogP contribution in [-0.4, -0.2) is 39.3 Å². The fourth-order valence-electron chi connectivity index (χ4n) is 3.81.